The predicted octanol–water partition coefficient (Wildman–Crippen LogP) is 0.792. The van der Waals surface area contributed by atoms with Gasteiger partial charge in [0.15, 0.2) is 0 Å². The van der Waals surface area contributed by atoms with Crippen molar-refractivity contribution in [2.75, 3.05) is 0 Å². The lowest BCUT2D eigenvalue weighted by Gasteiger charge is -2.09. The van der Waals surface area contributed by atoms with E-state index in [4.69, 9.17) is 5.11 Å². The van der Waals surface area contributed by atoms with E-state index in [0.29, 0.717) is 31.5 Å². The molecule has 0 radical (unpaired) electrons. The van der Waals surface area contributed by atoms with Gasteiger partial charge in [-0.2, -0.15) is 0 Å². The fourth-order valence-electron chi connectivity index (χ4n) is 2.09. The van der Waals surface area contributed by atoms with E-state index in [0.717, 1.165) is 0 Å². The molecule has 1 aromatic heterocycles. The Morgan fingerprint density at radius 3 is 2.82 bits per heavy atom. The summed E-state index contributed by atoms with van der Waals surface area (Å²) in [5.74, 6) is -1.48. The molecule has 1 saturated carbocycles. The third kappa shape index (κ3) is 2.83. The molecule has 2 unspecified atom stereocenters. The lowest BCUT2D eigenvalue weighted by atomic mass is 10.0. The maximum Gasteiger partial charge on any atom is 0.306 e. The highest BCUT2D eigenvalue weighted by Gasteiger charge is 2.33. The number of hydrogen-bond donors (Lipinski definition) is 2. The van der Waals surface area contributed by atoms with Gasteiger partial charge in [0.2, 0.25) is 5.91 Å². The van der Waals surface area contributed by atoms with Gasteiger partial charge in [0, 0.05) is 12.0 Å². The highest BCUT2D eigenvalue weighted by atomic mass is 16.5. The van der Waals surface area contributed by atoms with Gasteiger partial charge in [-0.3, -0.25) is 9.59 Å². The molecule has 2 rings (SSSR count). The number of carbonyl (C=O) groups excluding carboxylic acids is 1. The van der Waals surface area contributed by atoms with Crippen molar-refractivity contribution in [1.29, 1.82) is 0 Å². The highest BCUT2D eigenvalue weighted by Crippen LogP contribution is 2.31. The standard InChI is InChI=1S/C11H14N2O4/c14-10(12-6-9-3-4-17-13-9)7-1-2-8(5-7)11(15)16/h3-4,7-8H,1-2,5-6H2,(H,12,14)(H,15,16). The summed E-state index contributed by atoms with van der Waals surface area (Å²) in [5, 5.41) is 15.2. The topological polar surface area (TPSA) is 92.4 Å². The summed E-state index contributed by atoms with van der Waals surface area (Å²) < 4.78 is 4.64. The zero-order valence-corrected chi connectivity index (χ0v) is 9.26. The van der Waals surface area contributed by atoms with E-state index in [1.165, 1.54) is 6.26 Å². The van der Waals surface area contributed by atoms with Gasteiger partial charge in [0.05, 0.1) is 12.5 Å². The molecule has 0 aliphatic heterocycles. The normalized spacial score (nSPS) is 23.5. The van der Waals surface area contributed by atoms with E-state index in [1.54, 1.807) is 6.07 Å². The summed E-state index contributed by atoms with van der Waals surface area (Å²) in [4.78, 5) is 22.5. The molecular weight excluding hydrogens is 224 g/mol. The van der Waals surface area contributed by atoms with Gasteiger partial charge in [-0.05, 0) is 19.3 Å². The van der Waals surface area contributed by atoms with Gasteiger partial charge in [-0.1, -0.05) is 5.16 Å². The Labute approximate surface area is 98.0 Å². The van der Waals surface area contributed by atoms with Crippen LogP contribution in [-0.2, 0) is 16.1 Å². The fourth-order valence-corrected chi connectivity index (χ4v) is 2.09. The molecule has 2 atom stereocenters. The molecule has 1 aromatic rings. The molecule has 6 nitrogen and oxygen atoms in total. The minimum atomic E-state index is -0.809. The monoisotopic (exact) mass is 238 g/mol. The molecular formula is C11H14N2O4. The van der Waals surface area contributed by atoms with Gasteiger partial charge in [0.25, 0.3) is 0 Å². The second-order valence-electron chi connectivity index (χ2n) is 4.25. The molecule has 1 fully saturated rings. The van der Waals surface area contributed by atoms with Crippen LogP contribution in [0.2, 0.25) is 0 Å². The first-order chi connectivity index (χ1) is 8.16. The first-order valence-corrected chi connectivity index (χ1v) is 5.56. The van der Waals surface area contributed by atoms with Gasteiger partial charge in [-0.15, -0.1) is 0 Å². The third-order valence-corrected chi connectivity index (χ3v) is 3.09. The molecule has 1 aliphatic carbocycles. The van der Waals surface area contributed by atoms with Crippen molar-refractivity contribution in [3.8, 4) is 0 Å². The molecule has 1 heterocycles. The van der Waals surface area contributed by atoms with Crippen molar-refractivity contribution in [1.82, 2.24) is 10.5 Å². The lowest BCUT2D eigenvalue weighted by molar-refractivity contribution is -0.141. The minimum Gasteiger partial charge on any atom is -0.481 e. The second-order valence-corrected chi connectivity index (χ2v) is 4.25. The summed E-state index contributed by atoms with van der Waals surface area (Å²) >= 11 is 0. The Bertz CT molecular complexity index is 402. The molecule has 0 aromatic carbocycles. The van der Waals surface area contributed by atoms with Crippen molar-refractivity contribution in [3.05, 3.63) is 18.0 Å². The summed E-state index contributed by atoms with van der Waals surface area (Å²) in [6.45, 7) is 0.323. The van der Waals surface area contributed by atoms with Crippen LogP contribution in [0.4, 0.5) is 0 Å². The Kier molecular flexibility index (Phi) is 3.41. The predicted molar refractivity (Wildman–Crippen MR) is 56.8 cm³/mol. The van der Waals surface area contributed by atoms with Crippen LogP contribution in [0.15, 0.2) is 16.9 Å². The zero-order chi connectivity index (χ0) is 12.3. The van der Waals surface area contributed by atoms with E-state index < -0.39 is 5.97 Å². The van der Waals surface area contributed by atoms with Crippen LogP contribution in [0.25, 0.3) is 0 Å². The molecule has 6 heteroatoms. The Hall–Kier alpha value is -1.85. The molecule has 0 saturated heterocycles. The van der Waals surface area contributed by atoms with E-state index in [-0.39, 0.29) is 17.7 Å². The Balaban J connectivity index is 1.79. The SMILES string of the molecule is O=C(O)C1CCC(C(=O)NCc2ccon2)C1. The van der Waals surface area contributed by atoms with Crippen molar-refractivity contribution < 1.29 is 19.2 Å². The van der Waals surface area contributed by atoms with E-state index in [9.17, 15) is 9.59 Å². The van der Waals surface area contributed by atoms with Crippen molar-refractivity contribution in [2.45, 2.75) is 25.8 Å². The van der Waals surface area contributed by atoms with Crippen molar-refractivity contribution in [3.63, 3.8) is 0 Å². The maximum atomic E-state index is 11.7. The van der Waals surface area contributed by atoms with E-state index in [2.05, 4.69) is 15.0 Å². The number of hydrogen-bond acceptors (Lipinski definition) is 4. The summed E-state index contributed by atoms with van der Waals surface area (Å²) in [6, 6.07) is 1.68. The number of nitrogens with zero attached hydrogens (tertiary/aromatic N) is 1. The number of carboxylic acids is 1. The van der Waals surface area contributed by atoms with Crippen LogP contribution in [0.5, 0.6) is 0 Å². The third-order valence-electron chi connectivity index (χ3n) is 3.09. The summed E-state index contributed by atoms with van der Waals surface area (Å²) in [5.41, 5.74) is 0.658. The number of nitrogens with one attached hydrogen (secondary N) is 1. The smallest absolute Gasteiger partial charge is 0.306 e. The molecule has 1 amide bonds. The number of carbonyl (C=O) groups is 2. The van der Waals surface area contributed by atoms with Crippen LogP contribution < -0.4 is 5.32 Å². The van der Waals surface area contributed by atoms with Crippen LogP contribution in [0.3, 0.4) is 0 Å². The van der Waals surface area contributed by atoms with E-state index >= 15 is 0 Å². The minimum absolute atomic E-state index is 0.100. The number of aliphatic carboxylic acids is 1. The van der Waals surface area contributed by atoms with Gasteiger partial charge >= 0.3 is 5.97 Å². The quantitative estimate of drug-likeness (QED) is 0.809. The summed E-state index contributed by atoms with van der Waals surface area (Å²) in [7, 11) is 0. The second kappa shape index (κ2) is 4.99. The number of rotatable bonds is 4. The van der Waals surface area contributed by atoms with Crippen LogP contribution >= 0.6 is 0 Å². The number of aromatic nitrogens is 1. The summed E-state index contributed by atoms with van der Waals surface area (Å²) in [6.07, 6.45) is 3.09. The molecule has 0 spiro atoms. The Morgan fingerprint density at radius 2 is 2.24 bits per heavy atom. The molecule has 17 heavy (non-hydrogen) atoms. The fraction of sp³-hybridized carbons (Fsp3) is 0.545. The van der Waals surface area contributed by atoms with Gasteiger partial charge < -0.3 is 14.9 Å². The number of carboxylic acid groups (broad SMARTS) is 1. The van der Waals surface area contributed by atoms with Gasteiger partial charge in [0.1, 0.15) is 12.0 Å². The Morgan fingerprint density at radius 1 is 1.47 bits per heavy atom. The average molecular weight is 238 g/mol. The van der Waals surface area contributed by atoms with Crippen molar-refractivity contribution >= 4 is 11.9 Å². The van der Waals surface area contributed by atoms with E-state index in [1.807, 2.05) is 0 Å². The maximum absolute atomic E-state index is 11.7. The van der Waals surface area contributed by atoms with Crippen LogP contribution in [0.1, 0.15) is 25.0 Å². The first kappa shape index (κ1) is 11.6. The van der Waals surface area contributed by atoms with Crippen molar-refractivity contribution in [2.24, 2.45) is 11.8 Å². The molecule has 0 bridgehead atoms. The highest BCUT2D eigenvalue weighted by molar-refractivity contribution is 5.80. The molecule has 2 N–H and O–H groups in total. The molecule has 92 valence electrons. The average Bonchev–Trinajstić information content (AvgIpc) is 2.96. The first-order valence-electron chi connectivity index (χ1n) is 5.56. The van der Waals surface area contributed by atoms with Crippen LogP contribution in [-0.4, -0.2) is 22.1 Å². The largest absolute Gasteiger partial charge is 0.481 e. The van der Waals surface area contributed by atoms with Crippen LogP contribution in [0, 0.1) is 11.8 Å². The zero-order valence-electron chi connectivity index (χ0n) is 9.26. The molecule has 1 aliphatic rings. The lowest BCUT2D eigenvalue weighted by Crippen LogP contribution is -2.29. The van der Waals surface area contributed by atoms with Gasteiger partial charge in [-0.25, -0.2) is 0 Å². The number of amides is 1.